The maximum atomic E-state index is 4.74. The predicted molar refractivity (Wildman–Crippen MR) is 91.6 cm³/mol. The van der Waals surface area contributed by atoms with Gasteiger partial charge in [0.2, 0.25) is 0 Å². The molecule has 0 saturated heterocycles. The molecule has 2 aromatic carbocycles. The minimum absolute atomic E-state index is 0.126. The highest BCUT2D eigenvalue weighted by molar-refractivity contribution is 9.10. The second-order valence-corrected chi connectivity index (χ2v) is 6.22. The third-order valence-electron chi connectivity index (χ3n) is 3.71. The highest BCUT2D eigenvalue weighted by Crippen LogP contribution is 2.28. The SMILES string of the molecule is Cc1ccc(NC(C)c2nc3ccccc3n2C)c(Br)c1. The van der Waals surface area contributed by atoms with Crippen molar-refractivity contribution in [3.05, 3.63) is 58.3 Å². The molecule has 3 nitrogen and oxygen atoms in total. The summed E-state index contributed by atoms with van der Waals surface area (Å²) in [6.45, 7) is 4.22. The summed E-state index contributed by atoms with van der Waals surface area (Å²) in [6, 6.07) is 14.7. The number of hydrogen-bond acceptors (Lipinski definition) is 2. The highest BCUT2D eigenvalue weighted by Gasteiger charge is 2.15. The average molecular weight is 344 g/mol. The van der Waals surface area contributed by atoms with Gasteiger partial charge in [-0.05, 0) is 59.6 Å². The van der Waals surface area contributed by atoms with E-state index in [1.165, 1.54) is 5.56 Å². The molecule has 3 aromatic rings. The molecule has 4 heteroatoms. The van der Waals surface area contributed by atoms with E-state index in [1.807, 2.05) is 18.2 Å². The Labute approximate surface area is 133 Å². The zero-order chi connectivity index (χ0) is 15.0. The van der Waals surface area contributed by atoms with Gasteiger partial charge < -0.3 is 9.88 Å². The summed E-state index contributed by atoms with van der Waals surface area (Å²) < 4.78 is 3.22. The van der Waals surface area contributed by atoms with Crippen molar-refractivity contribution in [2.24, 2.45) is 7.05 Å². The lowest BCUT2D eigenvalue weighted by Gasteiger charge is -2.16. The number of benzene rings is 2. The zero-order valence-corrected chi connectivity index (χ0v) is 14.0. The van der Waals surface area contributed by atoms with E-state index in [2.05, 4.69) is 71.0 Å². The Morgan fingerprint density at radius 1 is 1.19 bits per heavy atom. The van der Waals surface area contributed by atoms with Crippen LogP contribution in [0.5, 0.6) is 0 Å². The van der Waals surface area contributed by atoms with E-state index >= 15 is 0 Å². The van der Waals surface area contributed by atoms with Crippen LogP contribution in [0.15, 0.2) is 46.9 Å². The Morgan fingerprint density at radius 2 is 1.95 bits per heavy atom. The van der Waals surface area contributed by atoms with Crippen molar-refractivity contribution in [1.82, 2.24) is 9.55 Å². The Kier molecular flexibility index (Phi) is 3.72. The molecule has 0 amide bonds. The lowest BCUT2D eigenvalue weighted by atomic mass is 10.2. The topological polar surface area (TPSA) is 29.9 Å². The molecule has 0 fully saturated rings. The maximum Gasteiger partial charge on any atom is 0.131 e. The number of anilines is 1. The third-order valence-corrected chi connectivity index (χ3v) is 4.36. The fraction of sp³-hybridized carbons (Fsp3) is 0.235. The molecule has 108 valence electrons. The van der Waals surface area contributed by atoms with E-state index in [9.17, 15) is 0 Å². The van der Waals surface area contributed by atoms with Crippen LogP contribution in [-0.4, -0.2) is 9.55 Å². The molecule has 0 saturated carbocycles. The van der Waals surface area contributed by atoms with Gasteiger partial charge in [-0.2, -0.15) is 0 Å². The van der Waals surface area contributed by atoms with Crippen LogP contribution in [0.2, 0.25) is 0 Å². The Balaban J connectivity index is 1.93. The lowest BCUT2D eigenvalue weighted by Crippen LogP contribution is -2.12. The van der Waals surface area contributed by atoms with E-state index in [0.29, 0.717) is 0 Å². The molecule has 0 bridgehead atoms. The minimum Gasteiger partial charge on any atom is -0.374 e. The molecule has 0 radical (unpaired) electrons. The van der Waals surface area contributed by atoms with Gasteiger partial charge in [0, 0.05) is 17.2 Å². The molecule has 1 heterocycles. The molecular weight excluding hydrogens is 326 g/mol. The number of nitrogens with one attached hydrogen (secondary N) is 1. The zero-order valence-electron chi connectivity index (χ0n) is 12.4. The second-order valence-electron chi connectivity index (χ2n) is 5.37. The Morgan fingerprint density at radius 3 is 2.67 bits per heavy atom. The standard InChI is InChI=1S/C17H18BrN3/c1-11-8-9-14(13(18)10-11)19-12(2)17-20-15-6-4-5-7-16(15)21(17)3/h4-10,12,19H,1-3H3. The number of para-hydroxylation sites is 2. The van der Waals surface area contributed by atoms with Gasteiger partial charge in [-0.3, -0.25) is 0 Å². The van der Waals surface area contributed by atoms with Crippen LogP contribution in [0, 0.1) is 6.92 Å². The van der Waals surface area contributed by atoms with Crippen LogP contribution >= 0.6 is 15.9 Å². The van der Waals surface area contributed by atoms with Gasteiger partial charge in [-0.25, -0.2) is 4.98 Å². The molecule has 0 aliphatic heterocycles. The monoisotopic (exact) mass is 343 g/mol. The van der Waals surface area contributed by atoms with E-state index < -0.39 is 0 Å². The van der Waals surface area contributed by atoms with E-state index in [-0.39, 0.29) is 6.04 Å². The molecule has 0 aliphatic rings. The smallest absolute Gasteiger partial charge is 0.131 e. The third kappa shape index (κ3) is 2.68. The number of aryl methyl sites for hydroxylation is 2. The summed E-state index contributed by atoms with van der Waals surface area (Å²) in [6.07, 6.45) is 0. The Bertz CT molecular complexity index is 792. The number of hydrogen-bond donors (Lipinski definition) is 1. The summed E-state index contributed by atoms with van der Waals surface area (Å²) in [5.41, 5.74) is 4.51. The summed E-state index contributed by atoms with van der Waals surface area (Å²) >= 11 is 3.61. The van der Waals surface area contributed by atoms with Crippen molar-refractivity contribution >= 4 is 32.7 Å². The van der Waals surface area contributed by atoms with Gasteiger partial charge in [-0.15, -0.1) is 0 Å². The van der Waals surface area contributed by atoms with Crippen LogP contribution in [0.3, 0.4) is 0 Å². The second kappa shape index (κ2) is 5.53. The molecule has 3 rings (SSSR count). The highest BCUT2D eigenvalue weighted by atomic mass is 79.9. The lowest BCUT2D eigenvalue weighted by molar-refractivity contribution is 0.733. The normalized spacial score (nSPS) is 12.6. The van der Waals surface area contributed by atoms with Crippen LogP contribution in [0.25, 0.3) is 11.0 Å². The number of aromatic nitrogens is 2. The van der Waals surface area contributed by atoms with Gasteiger partial charge in [-0.1, -0.05) is 18.2 Å². The predicted octanol–water partition coefficient (Wildman–Crippen LogP) is 4.82. The van der Waals surface area contributed by atoms with Crippen LogP contribution in [0.1, 0.15) is 24.4 Å². The molecule has 21 heavy (non-hydrogen) atoms. The molecule has 0 aliphatic carbocycles. The molecule has 1 N–H and O–H groups in total. The van der Waals surface area contributed by atoms with E-state index in [1.54, 1.807) is 0 Å². The number of rotatable bonds is 3. The van der Waals surface area contributed by atoms with Gasteiger partial charge in [0.25, 0.3) is 0 Å². The van der Waals surface area contributed by atoms with Crippen LogP contribution in [0.4, 0.5) is 5.69 Å². The van der Waals surface area contributed by atoms with Crippen molar-refractivity contribution in [2.45, 2.75) is 19.9 Å². The van der Waals surface area contributed by atoms with Crippen molar-refractivity contribution in [2.75, 3.05) is 5.32 Å². The number of nitrogens with zero attached hydrogens (tertiary/aromatic N) is 2. The first-order valence-electron chi connectivity index (χ1n) is 7.00. The summed E-state index contributed by atoms with van der Waals surface area (Å²) in [5.74, 6) is 1.03. The minimum atomic E-state index is 0.126. The van der Waals surface area contributed by atoms with Gasteiger partial charge in [0.15, 0.2) is 0 Å². The summed E-state index contributed by atoms with van der Waals surface area (Å²) in [5, 5.41) is 3.53. The van der Waals surface area contributed by atoms with Crippen LogP contribution in [-0.2, 0) is 7.05 Å². The first kappa shape index (κ1) is 14.1. The maximum absolute atomic E-state index is 4.74. The summed E-state index contributed by atoms with van der Waals surface area (Å²) in [4.78, 5) is 4.74. The molecule has 1 atom stereocenters. The first-order chi connectivity index (χ1) is 10.1. The number of imidazole rings is 1. The van der Waals surface area contributed by atoms with E-state index in [0.717, 1.165) is 27.0 Å². The van der Waals surface area contributed by atoms with Crippen molar-refractivity contribution < 1.29 is 0 Å². The molecular formula is C17H18BrN3. The fourth-order valence-corrected chi connectivity index (χ4v) is 3.19. The van der Waals surface area contributed by atoms with Crippen LogP contribution < -0.4 is 5.32 Å². The molecule has 0 spiro atoms. The molecule has 1 unspecified atom stereocenters. The van der Waals surface area contributed by atoms with E-state index in [4.69, 9.17) is 4.98 Å². The Hall–Kier alpha value is -1.81. The molecule has 1 aromatic heterocycles. The van der Waals surface area contributed by atoms with Gasteiger partial charge in [0.1, 0.15) is 5.82 Å². The quantitative estimate of drug-likeness (QED) is 0.738. The number of halogens is 1. The van der Waals surface area contributed by atoms with Crippen molar-refractivity contribution in [1.29, 1.82) is 0 Å². The van der Waals surface area contributed by atoms with Crippen molar-refractivity contribution in [3.8, 4) is 0 Å². The first-order valence-corrected chi connectivity index (χ1v) is 7.79. The largest absolute Gasteiger partial charge is 0.374 e. The van der Waals surface area contributed by atoms with Gasteiger partial charge in [0.05, 0.1) is 17.1 Å². The number of fused-ring (bicyclic) bond motifs is 1. The summed E-state index contributed by atoms with van der Waals surface area (Å²) in [7, 11) is 2.06. The average Bonchev–Trinajstić information content (AvgIpc) is 2.80. The fourth-order valence-electron chi connectivity index (χ4n) is 2.59. The van der Waals surface area contributed by atoms with Gasteiger partial charge >= 0.3 is 0 Å². The van der Waals surface area contributed by atoms with Crippen molar-refractivity contribution in [3.63, 3.8) is 0 Å².